The minimum absolute atomic E-state index is 0.0755. The third kappa shape index (κ3) is 2.41. The zero-order chi connectivity index (χ0) is 17.1. The van der Waals surface area contributed by atoms with E-state index in [1.807, 2.05) is 0 Å². The lowest BCUT2D eigenvalue weighted by Crippen LogP contribution is -2.53. The molecule has 0 aromatic rings. The summed E-state index contributed by atoms with van der Waals surface area (Å²) in [4.78, 5) is 0. The molecule has 4 nitrogen and oxygen atoms in total. The molecule has 0 amide bonds. The first-order chi connectivity index (χ1) is 11.3. The van der Waals surface area contributed by atoms with Crippen LogP contribution in [0.15, 0.2) is 11.6 Å². The summed E-state index contributed by atoms with van der Waals surface area (Å²) in [6, 6.07) is 0. The molecule has 0 unspecified atom stereocenters. The maximum absolute atomic E-state index is 11.0. The van der Waals surface area contributed by atoms with E-state index in [1.165, 1.54) is 32.1 Å². The standard InChI is InChI=1S/C20H32NO3/c1-19-9-7-13(12-21(23)24)11-14(19)3-4-15-16-5-6-18(22)20(16,2)10-8-17(15)19/h7,14-18,22-23H,3-6,8-12H2,1-2H3/q-1/t14-,15+,16-,17-,18-,19-,20-/m0/s1. The van der Waals surface area contributed by atoms with Gasteiger partial charge in [0, 0.05) is 6.54 Å². The Morgan fingerprint density at radius 2 is 1.88 bits per heavy atom. The Kier molecular flexibility index (Phi) is 4.11. The Morgan fingerprint density at radius 3 is 2.62 bits per heavy atom. The SMILES string of the molecule is C[C@]12CC=C(CN([O-])O)C[C@@H]1CC[C@H]1[C@@H]2CC[C@]2(C)[C@@H](O)CC[C@@H]12. The number of nitrogens with zero attached hydrogens (tertiary/aromatic N) is 1. The molecule has 4 heteroatoms. The molecule has 0 radical (unpaired) electrons. The summed E-state index contributed by atoms with van der Waals surface area (Å²) in [6.45, 7) is 4.96. The van der Waals surface area contributed by atoms with Crippen LogP contribution in [0.25, 0.3) is 0 Å². The highest BCUT2D eigenvalue weighted by Crippen LogP contribution is 2.65. The summed E-state index contributed by atoms with van der Waals surface area (Å²) in [5.41, 5.74) is 1.61. The first-order valence-corrected chi connectivity index (χ1v) is 9.84. The molecule has 0 saturated heterocycles. The third-order valence-corrected chi connectivity index (χ3v) is 8.69. The van der Waals surface area contributed by atoms with E-state index in [4.69, 9.17) is 5.21 Å². The van der Waals surface area contributed by atoms with Crippen LogP contribution in [0.5, 0.6) is 0 Å². The number of rotatable bonds is 2. The van der Waals surface area contributed by atoms with Gasteiger partial charge >= 0.3 is 0 Å². The largest absolute Gasteiger partial charge is 0.762 e. The minimum Gasteiger partial charge on any atom is -0.762 e. The average Bonchev–Trinajstić information content (AvgIpc) is 2.83. The Bertz CT molecular complexity index is 533. The Hall–Kier alpha value is -0.420. The van der Waals surface area contributed by atoms with Gasteiger partial charge in [0.05, 0.1) is 6.10 Å². The van der Waals surface area contributed by atoms with Crippen molar-refractivity contribution in [3.05, 3.63) is 16.9 Å². The zero-order valence-corrected chi connectivity index (χ0v) is 15.1. The molecular weight excluding hydrogens is 302 g/mol. The monoisotopic (exact) mass is 334 g/mol. The molecule has 0 aromatic carbocycles. The molecule has 4 aliphatic rings. The number of fused-ring (bicyclic) bond motifs is 5. The van der Waals surface area contributed by atoms with E-state index in [0.29, 0.717) is 17.3 Å². The maximum Gasteiger partial charge on any atom is 0.0596 e. The molecule has 0 spiro atoms. The van der Waals surface area contributed by atoms with Crippen molar-refractivity contribution in [2.75, 3.05) is 6.54 Å². The molecular formula is C20H32NO3-. The molecule has 136 valence electrons. The van der Waals surface area contributed by atoms with Crippen LogP contribution >= 0.6 is 0 Å². The first-order valence-electron chi connectivity index (χ1n) is 9.84. The van der Waals surface area contributed by atoms with Gasteiger partial charge in [-0.1, -0.05) is 25.5 Å². The van der Waals surface area contributed by atoms with Gasteiger partial charge in [0.1, 0.15) is 0 Å². The maximum atomic E-state index is 11.0. The van der Waals surface area contributed by atoms with Gasteiger partial charge in [-0.05, 0) is 85.9 Å². The summed E-state index contributed by atoms with van der Waals surface area (Å²) < 4.78 is 0. The number of aliphatic hydroxyl groups excluding tert-OH is 1. The zero-order valence-electron chi connectivity index (χ0n) is 15.1. The van der Waals surface area contributed by atoms with Gasteiger partial charge in [-0.2, -0.15) is 0 Å². The molecule has 4 aliphatic carbocycles. The summed E-state index contributed by atoms with van der Waals surface area (Å²) in [6.07, 6.45) is 11.3. The van der Waals surface area contributed by atoms with Gasteiger partial charge in [-0.25, -0.2) is 0 Å². The lowest BCUT2D eigenvalue weighted by molar-refractivity contribution is -0.110. The second-order valence-corrected chi connectivity index (χ2v) is 9.58. The summed E-state index contributed by atoms with van der Waals surface area (Å²) in [5, 5.41) is 30.6. The molecule has 7 atom stereocenters. The molecule has 0 bridgehead atoms. The van der Waals surface area contributed by atoms with E-state index >= 15 is 0 Å². The van der Waals surface area contributed by atoms with Gasteiger partial charge in [0.25, 0.3) is 0 Å². The van der Waals surface area contributed by atoms with E-state index < -0.39 is 0 Å². The predicted molar refractivity (Wildman–Crippen MR) is 93.1 cm³/mol. The van der Waals surface area contributed by atoms with Crippen molar-refractivity contribution in [2.45, 2.75) is 71.3 Å². The summed E-state index contributed by atoms with van der Waals surface area (Å²) in [5.74, 6) is 2.87. The van der Waals surface area contributed by atoms with Crippen molar-refractivity contribution in [3.8, 4) is 0 Å². The van der Waals surface area contributed by atoms with Crippen LogP contribution in [0.3, 0.4) is 0 Å². The third-order valence-electron chi connectivity index (χ3n) is 8.69. The van der Waals surface area contributed by atoms with Crippen molar-refractivity contribution >= 4 is 0 Å². The van der Waals surface area contributed by atoms with Crippen LogP contribution in [0, 0.1) is 39.7 Å². The molecule has 2 N–H and O–H groups in total. The average molecular weight is 334 g/mol. The van der Waals surface area contributed by atoms with E-state index in [-0.39, 0.29) is 23.3 Å². The van der Waals surface area contributed by atoms with Crippen LogP contribution in [0.2, 0.25) is 0 Å². The second-order valence-electron chi connectivity index (χ2n) is 9.58. The summed E-state index contributed by atoms with van der Waals surface area (Å²) >= 11 is 0. The van der Waals surface area contributed by atoms with E-state index in [1.54, 1.807) is 0 Å². The van der Waals surface area contributed by atoms with E-state index in [9.17, 15) is 10.3 Å². The quantitative estimate of drug-likeness (QED) is 0.589. The predicted octanol–water partition coefficient (Wildman–Crippen LogP) is 4.12. The fraction of sp³-hybridized carbons (Fsp3) is 0.900. The molecule has 0 aliphatic heterocycles. The number of allylic oxidation sites excluding steroid dienone is 1. The number of hydrogen-bond acceptors (Lipinski definition) is 4. The fourth-order valence-corrected chi connectivity index (χ4v) is 7.23. The second kappa shape index (κ2) is 5.80. The molecule has 4 rings (SSSR count). The van der Waals surface area contributed by atoms with Gasteiger partial charge in [-0.3, -0.25) is 5.23 Å². The lowest BCUT2D eigenvalue weighted by atomic mass is 9.45. The van der Waals surface area contributed by atoms with Crippen LogP contribution in [-0.4, -0.2) is 28.2 Å². The molecule has 3 saturated carbocycles. The number of aliphatic hydroxyl groups is 1. The van der Waals surface area contributed by atoms with Crippen molar-refractivity contribution < 1.29 is 10.3 Å². The topological polar surface area (TPSA) is 66.8 Å². The Morgan fingerprint density at radius 1 is 1.12 bits per heavy atom. The molecule has 0 heterocycles. The van der Waals surface area contributed by atoms with Crippen molar-refractivity contribution in [1.29, 1.82) is 0 Å². The first kappa shape index (κ1) is 17.0. The lowest BCUT2D eigenvalue weighted by Gasteiger charge is -2.60. The highest BCUT2D eigenvalue weighted by molar-refractivity contribution is 5.18. The Balaban J connectivity index is 1.57. The van der Waals surface area contributed by atoms with Crippen LogP contribution in [0.4, 0.5) is 0 Å². The highest BCUT2D eigenvalue weighted by Gasteiger charge is 2.59. The fourth-order valence-electron chi connectivity index (χ4n) is 7.23. The van der Waals surface area contributed by atoms with Crippen molar-refractivity contribution in [1.82, 2.24) is 5.23 Å². The van der Waals surface area contributed by atoms with Gasteiger partial charge < -0.3 is 15.5 Å². The Labute approximate surface area is 145 Å². The molecule has 24 heavy (non-hydrogen) atoms. The number of hydrogen-bond donors (Lipinski definition) is 2. The van der Waals surface area contributed by atoms with Crippen molar-refractivity contribution in [3.63, 3.8) is 0 Å². The van der Waals surface area contributed by atoms with Gasteiger partial charge in [0.15, 0.2) is 0 Å². The highest BCUT2D eigenvalue weighted by atomic mass is 16.8. The van der Waals surface area contributed by atoms with Crippen molar-refractivity contribution in [2.24, 2.45) is 34.5 Å². The van der Waals surface area contributed by atoms with Gasteiger partial charge in [-0.15, -0.1) is 0 Å². The molecule has 3 fully saturated rings. The smallest absolute Gasteiger partial charge is 0.0596 e. The van der Waals surface area contributed by atoms with E-state index in [0.717, 1.165) is 36.7 Å². The van der Waals surface area contributed by atoms with E-state index in [2.05, 4.69) is 19.9 Å². The van der Waals surface area contributed by atoms with Crippen LogP contribution < -0.4 is 0 Å². The van der Waals surface area contributed by atoms with Gasteiger partial charge in [0.2, 0.25) is 0 Å². The van der Waals surface area contributed by atoms with Crippen LogP contribution in [-0.2, 0) is 0 Å². The minimum atomic E-state index is -0.0978. The molecule has 0 aromatic heterocycles. The normalized spacial score (nSPS) is 50.9. The summed E-state index contributed by atoms with van der Waals surface area (Å²) in [7, 11) is 0. The van der Waals surface area contributed by atoms with Crippen LogP contribution in [0.1, 0.15) is 65.2 Å². The number of hydroxylamine groups is 2.